The molecule has 0 aromatic heterocycles. The van der Waals surface area contributed by atoms with Gasteiger partial charge in [0.2, 0.25) is 0 Å². The van der Waals surface area contributed by atoms with Crippen LogP contribution in [0.15, 0.2) is 29.4 Å². The first-order valence-electron chi connectivity index (χ1n) is 4.44. The third-order valence-electron chi connectivity index (χ3n) is 2.13. The molecule has 0 saturated heterocycles. The molecule has 1 aromatic rings. The molecule has 0 spiro atoms. The predicted molar refractivity (Wildman–Crippen MR) is 48.6 cm³/mol. The zero-order chi connectivity index (χ0) is 10.9. The molecule has 0 amide bonds. The summed E-state index contributed by atoms with van der Waals surface area (Å²) in [6.45, 7) is 0.436. The summed E-state index contributed by atoms with van der Waals surface area (Å²) in [4.78, 5) is 4.74. The van der Waals surface area contributed by atoms with Crippen LogP contribution < -0.4 is 0 Å². The second kappa shape index (κ2) is 3.56. The highest BCUT2D eigenvalue weighted by Crippen LogP contribution is 2.30. The van der Waals surface area contributed by atoms with Crippen LogP contribution in [0.3, 0.4) is 0 Å². The lowest BCUT2D eigenvalue weighted by molar-refractivity contribution is -0.137. The SMILES string of the molecule is FC(F)(F)c1cccc(C2=NOCC2)c1. The quantitative estimate of drug-likeness (QED) is 0.705. The van der Waals surface area contributed by atoms with E-state index in [1.54, 1.807) is 6.07 Å². The molecule has 0 bridgehead atoms. The number of halogens is 3. The van der Waals surface area contributed by atoms with Crippen molar-refractivity contribution in [1.82, 2.24) is 0 Å². The van der Waals surface area contributed by atoms with Gasteiger partial charge in [0.05, 0.1) is 11.3 Å². The van der Waals surface area contributed by atoms with Crippen molar-refractivity contribution in [3.05, 3.63) is 35.4 Å². The Bertz CT molecular complexity index is 398. The van der Waals surface area contributed by atoms with E-state index in [0.717, 1.165) is 12.1 Å². The summed E-state index contributed by atoms with van der Waals surface area (Å²) in [7, 11) is 0. The monoisotopic (exact) mass is 215 g/mol. The van der Waals surface area contributed by atoms with Crippen molar-refractivity contribution >= 4 is 5.71 Å². The van der Waals surface area contributed by atoms with Gasteiger partial charge in [0.15, 0.2) is 0 Å². The van der Waals surface area contributed by atoms with Crippen molar-refractivity contribution in [2.75, 3.05) is 6.61 Å². The number of hydrogen-bond acceptors (Lipinski definition) is 2. The van der Waals surface area contributed by atoms with Crippen molar-refractivity contribution in [1.29, 1.82) is 0 Å². The first-order chi connectivity index (χ1) is 7.07. The van der Waals surface area contributed by atoms with E-state index in [4.69, 9.17) is 4.84 Å². The minimum atomic E-state index is -4.31. The van der Waals surface area contributed by atoms with Crippen LogP contribution in [-0.2, 0) is 11.0 Å². The van der Waals surface area contributed by atoms with Gasteiger partial charge >= 0.3 is 6.18 Å². The van der Waals surface area contributed by atoms with E-state index in [2.05, 4.69) is 5.16 Å². The Balaban J connectivity index is 2.34. The highest BCUT2D eigenvalue weighted by atomic mass is 19.4. The molecule has 2 nitrogen and oxygen atoms in total. The molecule has 80 valence electrons. The zero-order valence-electron chi connectivity index (χ0n) is 7.71. The molecular formula is C10H8F3NO. The summed E-state index contributed by atoms with van der Waals surface area (Å²) in [5, 5.41) is 3.68. The Morgan fingerprint density at radius 3 is 2.67 bits per heavy atom. The summed E-state index contributed by atoms with van der Waals surface area (Å²) in [5.41, 5.74) is 0.387. The van der Waals surface area contributed by atoms with Gasteiger partial charge in [-0.05, 0) is 12.1 Å². The number of alkyl halides is 3. The highest BCUT2D eigenvalue weighted by Gasteiger charge is 2.30. The minimum Gasteiger partial charge on any atom is -0.395 e. The van der Waals surface area contributed by atoms with Gasteiger partial charge < -0.3 is 4.84 Å². The van der Waals surface area contributed by atoms with Crippen molar-refractivity contribution in [2.24, 2.45) is 5.16 Å². The fraction of sp³-hybridized carbons (Fsp3) is 0.300. The second-order valence-corrected chi connectivity index (χ2v) is 3.20. The zero-order valence-corrected chi connectivity index (χ0v) is 7.71. The normalized spacial score (nSPS) is 16.1. The molecule has 2 rings (SSSR count). The maximum absolute atomic E-state index is 12.4. The van der Waals surface area contributed by atoms with Gasteiger partial charge in [0.1, 0.15) is 6.61 Å². The Labute approximate surface area is 84.3 Å². The van der Waals surface area contributed by atoms with Crippen LogP contribution >= 0.6 is 0 Å². The average Bonchev–Trinajstić information content (AvgIpc) is 2.69. The number of hydrogen-bond donors (Lipinski definition) is 0. The number of rotatable bonds is 1. The Kier molecular flexibility index (Phi) is 2.38. The topological polar surface area (TPSA) is 21.6 Å². The second-order valence-electron chi connectivity index (χ2n) is 3.20. The smallest absolute Gasteiger partial charge is 0.395 e. The molecule has 1 aliphatic heterocycles. The van der Waals surface area contributed by atoms with Crippen LogP contribution in [0.5, 0.6) is 0 Å². The van der Waals surface area contributed by atoms with E-state index in [1.165, 1.54) is 6.07 Å². The van der Waals surface area contributed by atoms with Gasteiger partial charge in [0, 0.05) is 12.0 Å². The molecule has 0 atom stereocenters. The molecule has 15 heavy (non-hydrogen) atoms. The highest BCUT2D eigenvalue weighted by molar-refractivity contribution is 6.01. The molecule has 0 radical (unpaired) electrons. The van der Waals surface area contributed by atoms with E-state index in [0.29, 0.717) is 24.3 Å². The summed E-state index contributed by atoms with van der Waals surface area (Å²) in [5.74, 6) is 0. The number of oxime groups is 1. The van der Waals surface area contributed by atoms with Crippen molar-refractivity contribution in [3.8, 4) is 0 Å². The summed E-state index contributed by atoms with van der Waals surface area (Å²) in [6, 6.07) is 5.11. The third kappa shape index (κ3) is 2.11. The molecule has 1 aliphatic rings. The third-order valence-corrected chi connectivity index (χ3v) is 2.13. The van der Waals surface area contributed by atoms with Crippen LogP contribution in [-0.4, -0.2) is 12.3 Å². The fourth-order valence-corrected chi connectivity index (χ4v) is 1.38. The van der Waals surface area contributed by atoms with Crippen molar-refractivity contribution < 1.29 is 18.0 Å². The Morgan fingerprint density at radius 2 is 2.07 bits per heavy atom. The molecular weight excluding hydrogens is 207 g/mol. The first-order valence-corrected chi connectivity index (χ1v) is 4.44. The van der Waals surface area contributed by atoms with Crippen LogP contribution in [0, 0.1) is 0 Å². The average molecular weight is 215 g/mol. The van der Waals surface area contributed by atoms with Crippen LogP contribution in [0.25, 0.3) is 0 Å². The van der Waals surface area contributed by atoms with E-state index in [-0.39, 0.29) is 0 Å². The van der Waals surface area contributed by atoms with Crippen LogP contribution in [0.1, 0.15) is 17.5 Å². The molecule has 0 fully saturated rings. The minimum absolute atomic E-state index is 0.436. The van der Waals surface area contributed by atoms with E-state index >= 15 is 0 Å². The van der Waals surface area contributed by atoms with Crippen LogP contribution in [0.4, 0.5) is 13.2 Å². The lowest BCUT2D eigenvalue weighted by Gasteiger charge is -2.07. The van der Waals surface area contributed by atoms with Gasteiger partial charge in [-0.25, -0.2) is 0 Å². The predicted octanol–water partition coefficient (Wildman–Crippen LogP) is 2.83. The van der Waals surface area contributed by atoms with E-state index in [1.807, 2.05) is 0 Å². The lowest BCUT2D eigenvalue weighted by Crippen LogP contribution is -2.07. The van der Waals surface area contributed by atoms with Gasteiger partial charge in [-0.15, -0.1) is 0 Å². The Hall–Kier alpha value is -1.52. The summed E-state index contributed by atoms with van der Waals surface area (Å²) < 4.78 is 37.2. The maximum atomic E-state index is 12.4. The van der Waals surface area contributed by atoms with Crippen LogP contribution in [0.2, 0.25) is 0 Å². The summed E-state index contributed by atoms with van der Waals surface area (Å²) >= 11 is 0. The van der Waals surface area contributed by atoms with Gasteiger partial charge in [-0.1, -0.05) is 17.3 Å². The van der Waals surface area contributed by atoms with Gasteiger partial charge in [0.25, 0.3) is 0 Å². The van der Waals surface area contributed by atoms with Gasteiger partial charge in [-0.2, -0.15) is 13.2 Å². The standard InChI is InChI=1S/C10H8F3NO/c11-10(12,13)8-3-1-2-7(6-8)9-4-5-15-14-9/h1-3,6H,4-5H2. The first kappa shape index (κ1) is 10.0. The molecule has 0 saturated carbocycles. The van der Waals surface area contributed by atoms with E-state index < -0.39 is 11.7 Å². The van der Waals surface area contributed by atoms with Gasteiger partial charge in [-0.3, -0.25) is 0 Å². The van der Waals surface area contributed by atoms with E-state index in [9.17, 15) is 13.2 Å². The molecule has 0 unspecified atom stereocenters. The fourth-order valence-electron chi connectivity index (χ4n) is 1.38. The Morgan fingerprint density at radius 1 is 1.27 bits per heavy atom. The largest absolute Gasteiger partial charge is 0.416 e. The van der Waals surface area contributed by atoms with Crippen molar-refractivity contribution in [2.45, 2.75) is 12.6 Å². The molecule has 0 aliphatic carbocycles. The summed E-state index contributed by atoms with van der Waals surface area (Å²) in [6.07, 6.45) is -3.75. The number of nitrogens with zero attached hydrogens (tertiary/aromatic N) is 1. The molecule has 5 heteroatoms. The maximum Gasteiger partial charge on any atom is 0.416 e. The van der Waals surface area contributed by atoms with Crippen molar-refractivity contribution in [3.63, 3.8) is 0 Å². The number of benzene rings is 1. The molecule has 0 N–H and O–H groups in total. The lowest BCUT2D eigenvalue weighted by atomic mass is 10.0. The molecule has 1 heterocycles. The molecule has 1 aromatic carbocycles.